The lowest BCUT2D eigenvalue weighted by molar-refractivity contribution is -0.129. The van der Waals surface area contributed by atoms with Crippen molar-refractivity contribution in [1.29, 1.82) is 0 Å². The molecule has 0 radical (unpaired) electrons. The molecule has 0 spiro atoms. The molecule has 1 fully saturated rings. The zero-order chi connectivity index (χ0) is 21.2. The molecule has 2 aromatic heterocycles. The number of imidazole rings is 1. The van der Waals surface area contributed by atoms with Crippen molar-refractivity contribution in [1.82, 2.24) is 19.4 Å². The summed E-state index contributed by atoms with van der Waals surface area (Å²) in [5.41, 5.74) is 3.09. The van der Waals surface area contributed by atoms with Crippen molar-refractivity contribution in [3.05, 3.63) is 66.2 Å². The Morgan fingerprint density at radius 3 is 2.81 bits per heavy atom. The zero-order valence-electron chi connectivity index (χ0n) is 17.2. The predicted octanol–water partition coefficient (Wildman–Crippen LogP) is 5.33. The molecule has 0 aliphatic carbocycles. The maximum Gasteiger partial charge on any atom is 0.233 e. The number of nitrogens with zero attached hydrogens (tertiary/aromatic N) is 4. The van der Waals surface area contributed by atoms with Crippen molar-refractivity contribution in [3.63, 3.8) is 0 Å². The highest BCUT2D eigenvalue weighted by Gasteiger charge is 2.27. The average Bonchev–Trinajstić information content (AvgIpc) is 3.40. The van der Waals surface area contributed by atoms with Crippen LogP contribution in [0.5, 0.6) is 0 Å². The minimum atomic E-state index is 0.174. The Hall–Kier alpha value is -2.64. The first-order valence-electron chi connectivity index (χ1n) is 10.5. The van der Waals surface area contributed by atoms with Gasteiger partial charge in [-0.25, -0.2) is 9.97 Å². The van der Waals surface area contributed by atoms with Crippen LogP contribution in [0.25, 0.3) is 21.3 Å². The van der Waals surface area contributed by atoms with E-state index in [-0.39, 0.29) is 5.91 Å². The van der Waals surface area contributed by atoms with Gasteiger partial charge in [-0.05, 0) is 37.1 Å². The van der Waals surface area contributed by atoms with Gasteiger partial charge in [-0.3, -0.25) is 4.79 Å². The number of aromatic nitrogens is 3. The summed E-state index contributed by atoms with van der Waals surface area (Å²) in [7, 11) is 0. The summed E-state index contributed by atoms with van der Waals surface area (Å²) in [5.74, 6) is 0.894. The SMILES string of the molecule is C=CCn1c(SCC(=O)N2CCC[C@H](c3nc4ccccc4s3)C2)nc2ccccc21. The van der Waals surface area contributed by atoms with Gasteiger partial charge in [0.15, 0.2) is 5.16 Å². The van der Waals surface area contributed by atoms with Crippen LogP contribution in [-0.4, -0.2) is 44.2 Å². The number of allylic oxidation sites excluding steroid dienone is 1. The Morgan fingerprint density at radius 1 is 1.16 bits per heavy atom. The topological polar surface area (TPSA) is 51.0 Å². The van der Waals surface area contributed by atoms with E-state index in [9.17, 15) is 4.79 Å². The Labute approximate surface area is 189 Å². The molecule has 4 aromatic rings. The van der Waals surface area contributed by atoms with E-state index in [4.69, 9.17) is 9.97 Å². The zero-order valence-corrected chi connectivity index (χ0v) is 18.9. The van der Waals surface area contributed by atoms with Crippen LogP contribution < -0.4 is 0 Å². The second-order valence-electron chi connectivity index (χ2n) is 7.77. The van der Waals surface area contributed by atoms with Gasteiger partial charge in [0, 0.05) is 25.6 Å². The summed E-state index contributed by atoms with van der Waals surface area (Å²) in [6, 6.07) is 16.3. The molecule has 3 heterocycles. The van der Waals surface area contributed by atoms with Crippen LogP contribution >= 0.6 is 23.1 Å². The summed E-state index contributed by atoms with van der Waals surface area (Å²) in [6.45, 7) is 6.12. The molecule has 1 atom stereocenters. The van der Waals surface area contributed by atoms with Crippen molar-refractivity contribution < 1.29 is 4.79 Å². The third-order valence-corrected chi connectivity index (χ3v) is 7.85. The maximum absolute atomic E-state index is 13.0. The Bertz CT molecular complexity index is 1210. The molecule has 0 N–H and O–H groups in total. The number of likely N-dealkylation sites (tertiary alicyclic amines) is 1. The summed E-state index contributed by atoms with van der Waals surface area (Å²) in [4.78, 5) is 24.6. The van der Waals surface area contributed by atoms with Crippen LogP contribution in [0.3, 0.4) is 0 Å². The van der Waals surface area contributed by atoms with Crippen LogP contribution in [0.2, 0.25) is 0 Å². The number of carbonyl (C=O) groups excluding carboxylic acids is 1. The monoisotopic (exact) mass is 448 g/mol. The summed E-state index contributed by atoms with van der Waals surface area (Å²) < 4.78 is 3.35. The fourth-order valence-corrected chi connectivity index (χ4v) is 6.18. The number of amides is 1. The van der Waals surface area contributed by atoms with Crippen LogP contribution in [0, 0.1) is 0 Å². The standard InChI is InChI=1S/C24H24N4OS2/c1-2-13-28-20-11-5-3-9-18(20)26-24(28)30-16-22(29)27-14-7-8-17(15-27)23-25-19-10-4-6-12-21(19)31-23/h2-6,9-12,17H,1,7-8,13-16H2/t17-/m0/s1. The number of thioether (sulfide) groups is 1. The van der Waals surface area contributed by atoms with E-state index in [1.165, 1.54) is 16.5 Å². The van der Waals surface area contributed by atoms with E-state index in [2.05, 4.69) is 35.4 Å². The third kappa shape index (κ3) is 4.12. The van der Waals surface area contributed by atoms with E-state index in [0.717, 1.165) is 52.6 Å². The number of fused-ring (bicyclic) bond motifs is 2. The molecule has 1 aliphatic heterocycles. The van der Waals surface area contributed by atoms with Gasteiger partial charge in [-0.1, -0.05) is 42.1 Å². The quantitative estimate of drug-likeness (QED) is 0.295. The van der Waals surface area contributed by atoms with E-state index in [0.29, 0.717) is 18.2 Å². The number of piperidine rings is 1. The number of hydrogen-bond acceptors (Lipinski definition) is 5. The summed E-state index contributed by atoms with van der Waals surface area (Å²) in [5, 5.41) is 2.02. The highest BCUT2D eigenvalue weighted by atomic mass is 32.2. The molecule has 158 valence electrons. The molecule has 7 heteroatoms. The van der Waals surface area contributed by atoms with Crippen molar-refractivity contribution in [3.8, 4) is 0 Å². The molecule has 5 rings (SSSR count). The molecule has 5 nitrogen and oxygen atoms in total. The fraction of sp³-hybridized carbons (Fsp3) is 0.292. The third-order valence-electron chi connectivity index (χ3n) is 5.69. The van der Waals surface area contributed by atoms with Gasteiger partial charge in [0.1, 0.15) is 0 Å². The lowest BCUT2D eigenvalue weighted by Gasteiger charge is -2.31. The van der Waals surface area contributed by atoms with E-state index >= 15 is 0 Å². The number of thiazole rings is 1. The van der Waals surface area contributed by atoms with Crippen LogP contribution in [-0.2, 0) is 11.3 Å². The van der Waals surface area contributed by atoms with Crippen molar-refractivity contribution in [2.24, 2.45) is 0 Å². The number of hydrogen-bond donors (Lipinski definition) is 0. The second kappa shape index (κ2) is 8.85. The lowest BCUT2D eigenvalue weighted by atomic mass is 9.99. The number of rotatable bonds is 6. The number of carbonyl (C=O) groups is 1. The largest absolute Gasteiger partial charge is 0.341 e. The molecular formula is C24H24N4OS2. The first kappa shape index (κ1) is 20.3. The van der Waals surface area contributed by atoms with Crippen molar-refractivity contribution >= 4 is 50.3 Å². The molecule has 31 heavy (non-hydrogen) atoms. The Morgan fingerprint density at radius 2 is 1.97 bits per heavy atom. The van der Waals surface area contributed by atoms with Crippen LogP contribution in [0.1, 0.15) is 23.8 Å². The van der Waals surface area contributed by atoms with Gasteiger partial charge in [-0.2, -0.15) is 0 Å². The highest BCUT2D eigenvalue weighted by Crippen LogP contribution is 2.33. The van der Waals surface area contributed by atoms with Crippen molar-refractivity contribution in [2.75, 3.05) is 18.8 Å². The first-order valence-corrected chi connectivity index (χ1v) is 12.4. The average molecular weight is 449 g/mol. The van der Waals surface area contributed by atoms with Gasteiger partial charge in [-0.15, -0.1) is 17.9 Å². The molecule has 0 saturated carbocycles. The normalized spacial score (nSPS) is 16.8. The molecule has 1 aliphatic rings. The molecule has 0 bridgehead atoms. The first-order chi connectivity index (χ1) is 15.2. The van der Waals surface area contributed by atoms with E-state index in [1.807, 2.05) is 35.2 Å². The summed E-state index contributed by atoms with van der Waals surface area (Å²) in [6.07, 6.45) is 3.98. The van der Waals surface area contributed by atoms with E-state index in [1.54, 1.807) is 11.3 Å². The van der Waals surface area contributed by atoms with Crippen LogP contribution in [0.15, 0.2) is 66.3 Å². The Kier molecular flexibility index (Phi) is 5.78. The molecule has 0 unspecified atom stereocenters. The molecule has 2 aromatic carbocycles. The molecule has 1 saturated heterocycles. The van der Waals surface area contributed by atoms with Crippen molar-refractivity contribution in [2.45, 2.75) is 30.5 Å². The molecule has 1 amide bonds. The maximum atomic E-state index is 13.0. The number of para-hydroxylation sites is 3. The van der Waals surface area contributed by atoms with Gasteiger partial charge in [0.25, 0.3) is 0 Å². The number of benzene rings is 2. The minimum absolute atomic E-state index is 0.174. The fourth-order valence-electron chi connectivity index (χ4n) is 4.16. The van der Waals surface area contributed by atoms with Gasteiger partial charge < -0.3 is 9.47 Å². The lowest BCUT2D eigenvalue weighted by Crippen LogP contribution is -2.40. The van der Waals surface area contributed by atoms with Gasteiger partial charge in [0.2, 0.25) is 5.91 Å². The second-order valence-corrected chi connectivity index (χ2v) is 9.77. The van der Waals surface area contributed by atoms with Gasteiger partial charge in [0.05, 0.1) is 32.0 Å². The minimum Gasteiger partial charge on any atom is -0.341 e. The van der Waals surface area contributed by atoms with Crippen LogP contribution in [0.4, 0.5) is 0 Å². The smallest absolute Gasteiger partial charge is 0.233 e. The summed E-state index contributed by atoms with van der Waals surface area (Å²) >= 11 is 3.28. The predicted molar refractivity (Wildman–Crippen MR) is 129 cm³/mol. The Balaban J connectivity index is 1.28. The van der Waals surface area contributed by atoms with E-state index < -0.39 is 0 Å². The van der Waals surface area contributed by atoms with Gasteiger partial charge >= 0.3 is 0 Å². The molecular weight excluding hydrogens is 424 g/mol. The highest BCUT2D eigenvalue weighted by molar-refractivity contribution is 7.99.